The molecule has 0 bridgehead atoms. The Balaban J connectivity index is 5.43. The molecule has 0 aromatic carbocycles. The Morgan fingerprint density at radius 3 is 1.21 bits per heavy atom. The molecule has 2 N–H and O–H groups in total. The second-order valence-corrected chi connectivity index (χ2v) is 22.5. The number of aliphatic carboxylic acids is 2. The summed E-state index contributed by atoms with van der Waals surface area (Å²) in [6.45, 7) is 23.8. The van der Waals surface area contributed by atoms with Crippen molar-refractivity contribution in [2.45, 2.75) is 116 Å². The van der Waals surface area contributed by atoms with E-state index in [2.05, 4.69) is 67.7 Å². The van der Waals surface area contributed by atoms with E-state index in [9.17, 15) is 9.59 Å². The number of carboxylic acids is 2. The minimum atomic E-state index is -1.79. The van der Waals surface area contributed by atoms with Crippen molar-refractivity contribution in [2.24, 2.45) is 0 Å². The molecule has 0 aliphatic rings. The van der Waals surface area contributed by atoms with Crippen molar-refractivity contribution in [2.75, 3.05) is 13.2 Å². The first-order valence-corrected chi connectivity index (χ1v) is 19.6. The maximum absolute atomic E-state index is 11.0. The van der Waals surface area contributed by atoms with Crippen LogP contribution in [0, 0.1) is 0 Å². The van der Waals surface area contributed by atoms with Crippen molar-refractivity contribution >= 4 is 28.6 Å². The molecule has 0 saturated heterocycles. The number of carboxylic acid groups (broad SMARTS) is 2. The maximum Gasteiger partial charge on any atom is 0.328 e. The predicted molar refractivity (Wildman–Crippen MR) is 164 cm³/mol. The van der Waals surface area contributed by atoms with E-state index in [1.807, 2.05) is 12.2 Å². The highest BCUT2D eigenvalue weighted by atomic mass is 28.4. The Labute approximate surface area is 234 Å². The highest BCUT2D eigenvalue weighted by Gasteiger charge is 2.37. The molecule has 0 aromatic heterocycles. The Morgan fingerprint density at radius 1 is 0.632 bits per heavy atom. The van der Waals surface area contributed by atoms with Crippen LogP contribution in [-0.4, -0.2) is 52.0 Å². The zero-order valence-corrected chi connectivity index (χ0v) is 27.6. The molecule has 0 amide bonds. The zero-order valence-electron chi connectivity index (χ0n) is 25.6. The summed E-state index contributed by atoms with van der Waals surface area (Å²) < 4.78 is 12.6. The smallest absolute Gasteiger partial charge is 0.328 e. The van der Waals surface area contributed by atoms with Crippen LogP contribution in [0.3, 0.4) is 0 Å². The Bertz CT molecular complexity index is 796. The van der Waals surface area contributed by atoms with E-state index in [0.717, 1.165) is 61.8 Å². The predicted octanol–water partition coefficient (Wildman–Crippen LogP) is 8.51. The van der Waals surface area contributed by atoms with Gasteiger partial charge in [-0.3, -0.25) is 0 Å². The van der Waals surface area contributed by atoms with E-state index in [1.54, 1.807) is 12.2 Å². The largest absolute Gasteiger partial charge is 0.478 e. The average molecular weight is 567 g/mol. The molecule has 0 heterocycles. The van der Waals surface area contributed by atoms with Crippen LogP contribution >= 0.6 is 0 Å². The van der Waals surface area contributed by atoms with E-state index in [4.69, 9.17) is 19.1 Å². The third-order valence-corrected chi connectivity index (χ3v) is 16.8. The van der Waals surface area contributed by atoms with Crippen LogP contribution in [0.1, 0.15) is 80.1 Å². The second kappa shape index (κ2) is 16.4. The molecular weight excluding hydrogens is 512 g/mol. The third-order valence-electron chi connectivity index (χ3n) is 7.70. The summed E-state index contributed by atoms with van der Waals surface area (Å²) in [5.74, 6) is -2.00. The minimum absolute atomic E-state index is 0.167. The quantitative estimate of drug-likeness (QED) is 0.0793. The molecule has 0 aliphatic carbocycles. The number of carbonyl (C=O) groups is 2. The number of rotatable bonds is 17. The first-order chi connectivity index (χ1) is 17.3. The number of hydrogen-bond acceptors (Lipinski definition) is 4. The van der Waals surface area contributed by atoms with Crippen molar-refractivity contribution in [1.82, 2.24) is 0 Å². The van der Waals surface area contributed by atoms with Gasteiger partial charge in [0.1, 0.15) is 0 Å². The molecule has 0 saturated carbocycles. The molecule has 6 nitrogen and oxygen atoms in total. The Kier molecular flexibility index (Phi) is 15.6. The van der Waals surface area contributed by atoms with Gasteiger partial charge in [0.2, 0.25) is 0 Å². The monoisotopic (exact) mass is 566 g/mol. The first-order valence-electron chi connectivity index (χ1n) is 13.8. The van der Waals surface area contributed by atoms with Crippen LogP contribution in [-0.2, 0) is 18.4 Å². The number of unbranched alkanes of at least 4 members (excludes halogenated alkanes) is 2. The number of allylic oxidation sites excluding steroid dienone is 6. The highest BCUT2D eigenvalue weighted by molar-refractivity contribution is 6.74. The maximum atomic E-state index is 11.0. The van der Waals surface area contributed by atoms with Crippen LogP contribution in [0.5, 0.6) is 0 Å². The van der Waals surface area contributed by atoms with Crippen LogP contribution in [0.25, 0.3) is 0 Å². The molecule has 0 fully saturated rings. The van der Waals surface area contributed by atoms with Gasteiger partial charge in [-0.2, -0.15) is 0 Å². The summed E-state index contributed by atoms with van der Waals surface area (Å²) in [6.07, 6.45) is 14.2. The average Bonchev–Trinajstić information content (AvgIpc) is 2.74. The van der Waals surface area contributed by atoms with Crippen molar-refractivity contribution in [3.8, 4) is 0 Å². The van der Waals surface area contributed by atoms with E-state index in [1.165, 1.54) is 0 Å². The molecule has 0 rings (SSSR count). The van der Waals surface area contributed by atoms with Gasteiger partial charge in [0.25, 0.3) is 0 Å². The molecule has 0 atom stereocenters. The van der Waals surface area contributed by atoms with Crippen molar-refractivity contribution < 1.29 is 28.7 Å². The molecule has 0 unspecified atom stereocenters. The lowest BCUT2D eigenvalue weighted by Gasteiger charge is -2.36. The van der Waals surface area contributed by atoms with Gasteiger partial charge in [-0.1, -0.05) is 65.8 Å². The standard InChI is InChI=1S/C30H54O6Si2/c1-29(2,3)37(7,8)35-23-13-11-17-25(19-15-21-27(31)32)26(20-16-22-28(33)34)18-12-14-24-36-38(9,10)30(4,5)6/h15-16,19-22H,11-14,17-18,23-24H2,1-10H3,(H,31,32)(H,33,34)/b21-15+,22-16+,25-19-,26-20-. The summed E-state index contributed by atoms with van der Waals surface area (Å²) in [5.41, 5.74) is 2.05. The lowest BCUT2D eigenvalue weighted by molar-refractivity contribution is -0.132. The molecule has 0 aromatic rings. The Morgan fingerprint density at radius 2 is 0.947 bits per heavy atom. The van der Waals surface area contributed by atoms with Gasteiger partial charge in [-0.05, 0) is 85.9 Å². The van der Waals surface area contributed by atoms with E-state index in [-0.39, 0.29) is 10.1 Å². The summed E-state index contributed by atoms with van der Waals surface area (Å²) in [5, 5.41) is 18.4. The summed E-state index contributed by atoms with van der Waals surface area (Å²) >= 11 is 0. The molecule has 38 heavy (non-hydrogen) atoms. The fraction of sp³-hybridized carbons (Fsp3) is 0.667. The van der Waals surface area contributed by atoms with Crippen molar-refractivity contribution in [1.29, 1.82) is 0 Å². The van der Waals surface area contributed by atoms with E-state index < -0.39 is 28.6 Å². The second-order valence-electron chi connectivity index (χ2n) is 12.9. The van der Waals surface area contributed by atoms with Gasteiger partial charge in [-0.15, -0.1) is 0 Å². The fourth-order valence-corrected chi connectivity index (χ4v) is 5.29. The van der Waals surface area contributed by atoms with Gasteiger partial charge < -0.3 is 19.1 Å². The van der Waals surface area contributed by atoms with Gasteiger partial charge >= 0.3 is 11.9 Å². The normalized spacial score (nSPS) is 14.6. The van der Waals surface area contributed by atoms with Crippen LogP contribution in [0.2, 0.25) is 36.3 Å². The Hall–Kier alpha value is -1.75. The summed E-state index contributed by atoms with van der Waals surface area (Å²) in [6, 6.07) is 0. The van der Waals surface area contributed by atoms with Crippen LogP contribution < -0.4 is 0 Å². The fourth-order valence-electron chi connectivity index (χ4n) is 3.12. The molecule has 0 spiro atoms. The van der Waals surface area contributed by atoms with Crippen LogP contribution in [0.4, 0.5) is 0 Å². The SMILES string of the molecule is CC(C)(C)[Si](C)(C)OCCCCC(=C/C=C/C(=O)O)/C(=C\C=C\C(=O)O)CCCCO[Si](C)(C)C(C)(C)C. The third kappa shape index (κ3) is 15.0. The van der Waals surface area contributed by atoms with E-state index >= 15 is 0 Å². The highest BCUT2D eigenvalue weighted by Crippen LogP contribution is 2.37. The van der Waals surface area contributed by atoms with Gasteiger partial charge in [-0.25, -0.2) is 9.59 Å². The molecule has 0 aliphatic heterocycles. The van der Waals surface area contributed by atoms with Crippen molar-refractivity contribution in [3.05, 3.63) is 47.6 Å². The summed E-state index contributed by atoms with van der Waals surface area (Å²) in [7, 11) is -3.59. The number of hydrogen-bond donors (Lipinski definition) is 2. The molecule has 0 radical (unpaired) electrons. The van der Waals surface area contributed by atoms with E-state index in [0.29, 0.717) is 13.2 Å². The van der Waals surface area contributed by atoms with Crippen molar-refractivity contribution in [3.63, 3.8) is 0 Å². The minimum Gasteiger partial charge on any atom is -0.478 e. The lowest BCUT2D eigenvalue weighted by Crippen LogP contribution is -2.40. The van der Waals surface area contributed by atoms with Gasteiger partial charge in [0.15, 0.2) is 16.6 Å². The lowest BCUT2D eigenvalue weighted by atomic mass is 9.94. The first kappa shape index (κ1) is 36.3. The zero-order chi connectivity index (χ0) is 29.6. The van der Waals surface area contributed by atoms with Crippen LogP contribution in [0.15, 0.2) is 47.6 Å². The van der Waals surface area contributed by atoms with Gasteiger partial charge in [0.05, 0.1) is 0 Å². The van der Waals surface area contributed by atoms with Gasteiger partial charge in [0, 0.05) is 25.4 Å². The molecule has 218 valence electrons. The molecular formula is C30H54O6Si2. The topological polar surface area (TPSA) is 93.1 Å². The molecule has 8 heteroatoms. The summed E-state index contributed by atoms with van der Waals surface area (Å²) in [4.78, 5) is 22.1.